The molecular formula is C21H30O3Si. The first kappa shape index (κ1) is 19.9. The molecule has 0 aliphatic rings. The highest BCUT2D eigenvalue weighted by atomic mass is 28.4. The van der Waals surface area contributed by atoms with Crippen molar-refractivity contribution in [2.45, 2.75) is 51.4 Å². The van der Waals surface area contributed by atoms with Gasteiger partial charge in [0.05, 0.1) is 12.2 Å². The van der Waals surface area contributed by atoms with E-state index in [4.69, 9.17) is 4.43 Å². The molecule has 0 amide bonds. The maximum Gasteiger partial charge on any atom is 0.261 e. The van der Waals surface area contributed by atoms with Crippen LogP contribution in [0, 0.1) is 0 Å². The van der Waals surface area contributed by atoms with Gasteiger partial charge in [-0.1, -0.05) is 81.4 Å². The van der Waals surface area contributed by atoms with Gasteiger partial charge >= 0.3 is 0 Å². The monoisotopic (exact) mass is 358 g/mol. The zero-order valence-corrected chi connectivity index (χ0v) is 16.6. The van der Waals surface area contributed by atoms with E-state index >= 15 is 0 Å². The normalized spacial score (nSPS) is 15.0. The molecule has 0 aromatic heterocycles. The summed E-state index contributed by atoms with van der Waals surface area (Å²) in [6, 6.07) is 20.7. The Bertz CT molecular complexity index is 596. The molecule has 2 aromatic rings. The van der Waals surface area contributed by atoms with Gasteiger partial charge in [-0.2, -0.15) is 0 Å². The SMILES string of the molecule is CC(O)C(CCO)O[Si](c1ccccc1)(c1ccccc1)C(C)(C)C. The van der Waals surface area contributed by atoms with Crippen LogP contribution >= 0.6 is 0 Å². The fraction of sp³-hybridized carbons (Fsp3) is 0.429. The molecule has 0 aliphatic heterocycles. The minimum Gasteiger partial charge on any atom is -0.402 e. The third kappa shape index (κ3) is 4.21. The molecule has 0 bridgehead atoms. The van der Waals surface area contributed by atoms with Crippen molar-refractivity contribution in [3.8, 4) is 0 Å². The average Bonchev–Trinajstić information content (AvgIpc) is 2.59. The minimum atomic E-state index is -2.68. The van der Waals surface area contributed by atoms with Crippen molar-refractivity contribution in [3.05, 3.63) is 60.7 Å². The van der Waals surface area contributed by atoms with E-state index in [1.807, 2.05) is 36.4 Å². The van der Waals surface area contributed by atoms with Gasteiger partial charge in [0.25, 0.3) is 8.32 Å². The van der Waals surface area contributed by atoms with E-state index in [9.17, 15) is 10.2 Å². The van der Waals surface area contributed by atoms with E-state index in [0.717, 1.165) is 0 Å². The summed E-state index contributed by atoms with van der Waals surface area (Å²) in [5.41, 5.74) is 0. The van der Waals surface area contributed by atoms with Crippen molar-refractivity contribution >= 4 is 18.7 Å². The Balaban J connectivity index is 2.68. The Kier molecular flexibility index (Phi) is 6.57. The molecule has 0 spiro atoms. The van der Waals surface area contributed by atoms with Gasteiger partial charge in [-0.25, -0.2) is 0 Å². The van der Waals surface area contributed by atoms with E-state index in [2.05, 4.69) is 45.0 Å². The van der Waals surface area contributed by atoms with Gasteiger partial charge in [-0.05, 0) is 28.8 Å². The van der Waals surface area contributed by atoms with Gasteiger partial charge in [0.15, 0.2) is 0 Å². The summed E-state index contributed by atoms with van der Waals surface area (Å²) in [6.07, 6.45) is -0.632. The van der Waals surface area contributed by atoms with Crippen molar-refractivity contribution in [3.63, 3.8) is 0 Å². The molecule has 136 valence electrons. The summed E-state index contributed by atoms with van der Waals surface area (Å²) in [4.78, 5) is 0. The Morgan fingerprint density at radius 1 is 0.920 bits per heavy atom. The fourth-order valence-electron chi connectivity index (χ4n) is 3.44. The highest BCUT2D eigenvalue weighted by Crippen LogP contribution is 2.38. The van der Waals surface area contributed by atoms with E-state index in [1.54, 1.807) is 6.92 Å². The second kappa shape index (κ2) is 8.28. The van der Waals surface area contributed by atoms with Gasteiger partial charge in [0.2, 0.25) is 0 Å². The molecule has 2 unspecified atom stereocenters. The van der Waals surface area contributed by atoms with E-state index in [0.29, 0.717) is 6.42 Å². The van der Waals surface area contributed by atoms with Crippen molar-refractivity contribution < 1.29 is 14.6 Å². The lowest BCUT2D eigenvalue weighted by atomic mass is 10.2. The molecule has 3 nitrogen and oxygen atoms in total. The lowest BCUT2D eigenvalue weighted by Gasteiger charge is -2.45. The molecule has 4 heteroatoms. The predicted octanol–water partition coefficient (Wildman–Crippen LogP) is 2.69. The Hall–Kier alpha value is -1.46. The first-order chi connectivity index (χ1) is 11.8. The van der Waals surface area contributed by atoms with Gasteiger partial charge in [-0.3, -0.25) is 0 Å². The number of aliphatic hydroxyl groups excluding tert-OH is 2. The standard InChI is InChI=1S/C21H30O3Si/c1-17(23)20(15-16-22)24-25(21(2,3)4,18-11-7-5-8-12-18)19-13-9-6-10-14-19/h5-14,17,20,22-23H,15-16H2,1-4H3. The molecule has 2 rings (SSSR count). The summed E-state index contributed by atoms with van der Waals surface area (Å²) in [5.74, 6) is 0. The van der Waals surface area contributed by atoms with Crippen LogP contribution in [0.15, 0.2) is 60.7 Å². The van der Waals surface area contributed by atoms with Crippen molar-refractivity contribution in [2.24, 2.45) is 0 Å². The van der Waals surface area contributed by atoms with Crippen LogP contribution in [-0.4, -0.2) is 37.3 Å². The van der Waals surface area contributed by atoms with Crippen molar-refractivity contribution in [1.29, 1.82) is 0 Å². The number of hydrogen-bond donors (Lipinski definition) is 2. The molecule has 25 heavy (non-hydrogen) atoms. The predicted molar refractivity (Wildman–Crippen MR) is 106 cm³/mol. The molecular weight excluding hydrogens is 328 g/mol. The highest BCUT2D eigenvalue weighted by molar-refractivity contribution is 6.99. The van der Waals surface area contributed by atoms with Crippen LogP contribution in [0.4, 0.5) is 0 Å². The minimum absolute atomic E-state index is 0.00618. The van der Waals surface area contributed by atoms with Crippen LogP contribution in [0.25, 0.3) is 0 Å². The van der Waals surface area contributed by atoms with Crippen LogP contribution in [-0.2, 0) is 4.43 Å². The van der Waals surface area contributed by atoms with Gasteiger partial charge in [0, 0.05) is 6.61 Å². The van der Waals surface area contributed by atoms with Crippen LogP contribution in [0.1, 0.15) is 34.1 Å². The first-order valence-electron chi connectivity index (χ1n) is 8.90. The third-order valence-electron chi connectivity index (χ3n) is 4.70. The zero-order chi connectivity index (χ0) is 18.5. The molecule has 0 fully saturated rings. The molecule has 0 aliphatic carbocycles. The Labute approximate surface area is 152 Å². The maximum atomic E-state index is 10.3. The van der Waals surface area contributed by atoms with Crippen LogP contribution in [0.2, 0.25) is 5.04 Å². The number of benzene rings is 2. The van der Waals surface area contributed by atoms with E-state index in [-0.39, 0.29) is 11.6 Å². The van der Waals surface area contributed by atoms with Gasteiger partial charge < -0.3 is 14.6 Å². The van der Waals surface area contributed by atoms with Crippen molar-refractivity contribution in [2.75, 3.05) is 6.61 Å². The van der Waals surface area contributed by atoms with Crippen molar-refractivity contribution in [1.82, 2.24) is 0 Å². The van der Waals surface area contributed by atoms with E-state index in [1.165, 1.54) is 10.4 Å². The van der Waals surface area contributed by atoms with Gasteiger partial charge in [-0.15, -0.1) is 0 Å². The zero-order valence-electron chi connectivity index (χ0n) is 15.6. The lowest BCUT2D eigenvalue weighted by Crippen LogP contribution is -2.68. The summed E-state index contributed by atoms with van der Waals surface area (Å²) in [6.45, 7) is 8.34. The molecule has 0 saturated heterocycles. The van der Waals surface area contributed by atoms with Crippen LogP contribution in [0.3, 0.4) is 0 Å². The second-order valence-corrected chi connectivity index (χ2v) is 11.8. The Morgan fingerprint density at radius 3 is 1.68 bits per heavy atom. The second-order valence-electron chi connectivity index (χ2n) is 7.57. The van der Waals surface area contributed by atoms with Gasteiger partial charge in [0.1, 0.15) is 0 Å². The van der Waals surface area contributed by atoms with Crippen LogP contribution < -0.4 is 10.4 Å². The highest BCUT2D eigenvalue weighted by Gasteiger charge is 2.51. The fourth-order valence-corrected chi connectivity index (χ4v) is 8.23. The Morgan fingerprint density at radius 2 is 1.36 bits per heavy atom. The third-order valence-corrected chi connectivity index (χ3v) is 9.76. The number of aliphatic hydroxyl groups is 2. The molecule has 2 aromatic carbocycles. The largest absolute Gasteiger partial charge is 0.402 e. The maximum absolute atomic E-state index is 10.3. The lowest BCUT2D eigenvalue weighted by molar-refractivity contribution is 0.0265. The smallest absolute Gasteiger partial charge is 0.261 e. The first-order valence-corrected chi connectivity index (χ1v) is 10.8. The van der Waals surface area contributed by atoms with E-state index < -0.39 is 20.5 Å². The molecule has 0 saturated carbocycles. The van der Waals surface area contributed by atoms with Crippen LogP contribution in [0.5, 0.6) is 0 Å². The number of rotatable bonds is 7. The summed E-state index contributed by atoms with van der Waals surface area (Å²) < 4.78 is 6.81. The summed E-state index contributed by atoms with van der Waals surface area (Å²) in [7, 11) is -2.68. The quantitative estimate of drug-likeness (QED) is 0.748. The average molecular weight is 359 g/mol. The summed E-state index contributed by atoms with van der Waals surface area (Å²) >= 11 is 0. The molecule has 0 heterocycles. The topological polar surface area (TPSA) is 49.7 Å². The molecule has 0 radical (unpaired) electrons. The molecule has 2 N–H and O–H groups in total. The summed E-state index contributed by atoms with van der Waals surface area (Å²) in [5, 5.41) is 21.9. The molecule has 2 atom stereocenters. The number of hydrogen-bond acceptors (Lipinski definition) is 3.